The second kappa shape index (κ2) is 9.56. The molecule has 1 saturated heterocycles. The van der Waals surface area contributed by atoms with Crippen LogP contribution in [0, 0.1) is 0 Å². The van der Waals surface area contributed by atoms with Gasteiger partial charge in [0.15, 0.2) is 11.5 Å². The van der Waals surface area contributed by atoms with E-state index in [4.69, 9.17) is 18.9 Å². The van der Waals surface area contributed by atoms with Crippen molar-refractivity contribution in [2.24, 2.45) is 0 Å². The number of esters is 1. The molecule has 2 aromatic carbocycles. The van der Waals surface area contributed by atoms with E-state index < -0.39 is 15.4 Å². The number of benzene rings is 2. The lowest BCUT2D eigenvalue weighted by molar-refractivity contribution is -0.152. The zero-order valence-electron chi connectivity index (χ0n) is 19.0. The van der Waals surface area contributed by atoms with Crippen LogP contribution in [0.1, 0.15) is 36.8 Å². The zero-order valence-corrected chi connectivity index (χ0v) is 19.8. The molecule has 2 heterocycles. The van der Waals surface area contributed by atoms with Gasteiger partial charge in [0.1, 0.15) is 19.8 Å². The maximum Gasteiger partial charge on any atom is 0.316 e. The monoisotopic (exact) mass is 487 g/mol. The van der Waals surface area contributed by atoms with Gasteiger partial charge in [0, 0.05) is 13.1 Å². The Morgan fingerprint density at radius 3 is 2.44 bits per heavy atom. The molecule has 2 aliphatic heterocycles. The van der Waals surface area contributed by atoms with E-state index in [-0.39, 0.29) is 17.5 Å². The Labute approximate surface area is 199 Å². The van der Waals surface area contributed by atoms with E-state index in [1.54, 1.807) is 24.3 Å². The highest BCUT2D eigenvalue weighted by atomic mass is 32.2. The second-order valence-electron chi connectivity index (χ2n) is 8.89. The lowest BCUT2D eigenvalue weighted by Gasteiger charge is -2.29. The number of fused-ring (bicyclic) bond motifs is 1. The van der Waals surface area contributed by atoms with Crippen molar-refractivity contribution in [1.82, 2.24) is 4.31 Å². The molecule has 34 heavy (non-hydrogen) atoms. The molecule has 1 saturated carbocycles. The molecule has 2 aromatic rings. The Balaban J connectivity index is 1.33. The third-order valence-electron chi connectivity index (χ3n) is 6.82. The topological polar surface area (TPSA) is 91.4 Å². The van der Waals surface area contributed by atoms with Crippen molar-refractivity contribution >= 4 is 16.0 Å². The van der Waals surface area contributed by atoms with Crippen LogP contribution in [0.5, 0.6) is 11.5 Å². The Morgan fingerprint density at radius 2 is 1.68 bits per heavy atom. The molecule has 0 spiro atoms. The Hall–Kier alpha value is -2.62. The molecule has 9 heteroatoms. The minimum Gasteiger partial charge on any atom is -0.486 e. The van der Waals surface area contributed by atoms with Crippen molar-refractivity contribution in [1.29, 1.82) is 0 Å². The van der Waals surface area contributed by atoms with E-state index in [1.165, 1.54) is 4.31 Å². The van der Waals surface area contributed by atoms with E-state index in [1.807, 2.05) is 18.2 Å². The number of ether oxygens (including phenoxy) is 4. The van der Waals surface area contributed by atoms with Crippen LogP contribution in [0.2, 0.25) is 0 Å². The summed E-state index contributed by atoms with van der Waals surface area (Å²) in [6.45, 7) is 2.45. The summed E-state index contributed by atoms with van der Waals surface area (Å²) in [6.07, 6.45) is 3.29. The van der Waals surface area contributed by atoms with Crippen molar-refractivity contribution in [2.75, 3.05) is 39.5 Å². The summed E-state index contributed by atoms with van der Waals surface area (Å²) >= 11 is 0. The van der Waals surface area contributed by atoms with Gasteiger partial charge in [-0.2, -0.15) is 4.31 Å². The highest BCUT2D eigenvalue weighted by Gasteiger charge is 2.44. The van der Waals surface area contributed by atoms with Gasteiger partial charge in [-0.05, 0) is 48.2 Å². The van der Waals surface area contributed by atoms with E-state index in [0.29, 0.717) is 69.4 Å². The molecule has 3 aliphatic rings. The summed E-state index contributed by atoms with van der Waals surface area (Å²) < 4.78 is 49.8. The quantitative estimate of drug-likeness (QED) is 0.579. The molecule has 8 nitrogen and oxygen atoms in total. The first-order valence-electron chi connectivity index (χ1n) is 11.7. The van der Waals surface area contributed by atoms with E-state index in [0.717, 1.165) is 18.4 Å². The maximum atomic E-state index is 13.4. The van der Waals surface area contributed by atoms with Crippen molar-refractivity contribution in [3.8, 4) is 11.5 Å². The van der Waals surface area contributed by atoms with Crippen LogP contribution in [0.25, 0.3) is 0 Å². The maximum absolute atomic E-state index is 13.4. The number of morpholine rings is 1. The summed E-state index contributed by atoms with van der Waals surface area (Å²) in [5.74, 6) is 1.06. The Bertz CT molecular complexity index is 1150. The summed E-state index contributed by atoms with van der Waals surface area (Å²) in [7, 11) is -3.62. The molecule has 0 radical (unpaired) electrons. The Kier molecular flexibility index (Phi) is 6.50. The van der Waals surface area contributed by atoms with Gasteiger partial charge in [0.05, 0.1) is 23.5 Å². The van der Waals surface area contributed by atoms with Crippen LogP contribution in [0.3, 0.4) is 0 Å². The average Bonchev–Trinajstić information content (AvgIpc) is 3.39. The Morgan fingerprint density at radius 1 is 0.941 bits per heavy atom. The highest BCUT2D eigenvalue weighted by molar-refractivity contribution is 7.89. The number of hydrogen-bond acceptors (Lipinski definition) is 7. The largest absolute Gasteiger partial charge is 0.486 e. The third kappa shape index (κ3) is 4.39. The van der Waals surface area contributed by atoms with Crippen molar-refractivity contribution in [3.63, 3.8) is 0 Å². The number of carbonyl (C=O) groups excluding carboxylic acids is 1. The lowest BCUT2D eigenvalue weighted by atomic mass is 9.78. The van der Waals surface area contributed by atoms with Crippen LogP contribution < -0.4 is 9.47 Å². The number of hydrogen-bond donors (Lipinski definition) is 0. The third-order valence-corrected chi connectivity index (χ3v) is 8.71. The van der Waals surface area contributed by atoms with Gasteiger partial charge in [-0.15, -0.1) is 0 Å². The first kappa shape index (κ1) is 23.1. The van der Waals surface area contributed by atoms with Crippen molar-refractivity contribution in [3.05, 3.63) is 53.6 Å². The molecule has 0 N–H and O–H groups in total. The molecule has 1 aliphatic carbocycles. The summed E-state index contributed by atoms with van der Waals surface area (Å²) in [5.41, 5.74) is 0.786. The van der Waals surface area contributed by atoms with Gasteiger partial charge in [0.2, 0.25) is 10.0 Å². The summed E-state index contributed by atoms with van der Waals surface area (Å²) in [5, 5.41) is 0. The van der Waals surface area contributed by atoms with E-state index in [2.05, 4.69) is 0 Å². The minimum atomic E-state index is -3.62. The molecule has 0 amide bonds. The van der Waals surface area contributed by atoms with E-state index >= 15 is 0 Å². The van der Waals surface area contributed by atoms with Gasteiger partial charge in [-0.3, -0.25) is 4.79 Å². The molecule has 2 fully saturated rings. The molecular weight excluding hydrogens is 458 g/mol. The smallest absolute Gasteiger partial charge is 0.316 e. The number of nitrogens with zero attached hydrogens (tertiary/aromatic N) is 1. The van der Waals surface area contributed by atoms with Gasteiger partial charge >= 0.3 is 5.97 Å². The van der Waals surface area contributed by atoms with E-state index in [9.17, 15) is 13.2 Å². The first-order valence-corrected chi connectivity index (χ1v) is 13.2. The van der Waals surface area contributed by atoms with Crippen LogP contribution in [0.15, 0.2) is 47.4 Å². The van der Waals surface area contributed by atoms with Crippen LogP contribution >= 0.6 is 0 Å². The zero-order chi connectivity index (χ0) is 23.6. The van der Waals surface area contributed by atoms with Crippen molar-refractivity contribution < 1.29 is 32.2 Å². The standard InChI is InChI=1S/C25H29NO7S/c27-24(25(8-1-2-9-25)20-6-7-22-23(17-20)32-15-14-31-22)33-18-19-4-3-5-21(16-19)34(28,29)26-10-12-30-13-11-26/h3-7,16-17H,1-2,8-15,18H2. The predicted octanol–water partition coefficient (Wildman–Crippen LogP) is 3.03. The fourth-order valence-electron chi connectivity index (χ4n) is 4.95. The predicted molar refractivity (Wildman–Crippen MR) is 123 cm³/mol. The van der Waals surface area contributed by atoms with Gasteiger partial charge in [0.25, 0.3) is 0 Å². The molecule has 0 aromatic heterocycles. The number of rotatable bonds is 6. The van der Waals surface area contributed by atoms with Crippen molar-refractivity contribution in [2.45, 2.75) is 42.6 Å². The lowest BCUT2D eigenvalue weighted by Crippen LogP contribution is -2.40. The molecular formula is C25H29NO7S. The van der Waals surface area contributed by atoms with Crippen LogP contribution in [0.4, 0.5) is 0 Å². The fourth-order valence-corrected chi connectivity index (χ4v) is 6.43. The van der Waals surface area contributed by atoms with Gasteiger partial charge in [-0.1, -0.05) is 31.0 Å². The molecule has 0 unspecified atom stereocenters. The van der Waals surface area contributed by atoms with Gasteiger partial charge < -0.3 is 18.9 Å². The summed E-state index contributed by atoms with van der Waals surface area (Å²) in [6, 6.07) is 12.3. The molecule has 0 bridgehead atoms. The summed E-state index contributed by atoms with van der Waals surface area (Å²) in [4.78, 5) is 13.6. The SMILES string of the molecule is O=C(OCc1cccc(S(=O)(=O)N2CCOCC2)c1)C1(c2ccc3c(c2)OCCO3)CCCC1. The normalized spacial score (nSPS) is 20.1. The second-order valence-corrected chi connectivity index (χ2v) is 10.8. The fraction of sp³-hybridized carbons (Fsp3) is 0.480. The first-order chi connectivity index (χ1) is 16.5. The minimum absolute atomic E-state index is 0.0115. The highest BCUT2D eigenvalue weighted by Crippen LogP contribution is 2.45. The van der Waals surface area contributed by atoms with Crippen LogP contribution in [-0.2, 0) is 36.3 Å². The number of sulfonamides is 1. The molecule has 5 rings (SSSR count). The van der Waals surface area contributed by atoms with Crippen LogP contribution in [-0.4, -0.2) is 58.2 Å². The average molecular weight is 488 g/mol. The molecule has 182 valence electrons. The number of carbonyl (C=O) groups is 1. The molecule has 0 atom stereocenters. The van der Waals surface area contributed by atoms with Gasteiger partial charge in [-0.25, -0.2) is 8.42 Å².